The number of hydrogen-bond acceptors (Lipinski definition) is 5. The first-order valence-electron chi connectivity index (χ1n) is 13.7. The monoisotopic (exact) mass is 530 g/mol. The fourth-order valence-corrected chi connectivity index (χ4v) is 4.13. The van der Waals surface area contributed by atoms with E-state index in [1.165, 1.54) is 0 Å². The Morgan fingerprint density at radius 2 is 1.36 bits per heavy atom. The van der Waals surface area contributed by atoms with E-state index in [9.17, 15) is 9.59 Å². The van der Waals surface area contributed by atoms with Crippen LogP contribution in [0.4, 0.5) is 0 Å². The van der Waals surface area contributed by atoms with Crippen molar-refractivity contribution in [2.75, 3.05) is 0 Å². The molecule has 6 nitrogen and oxygen atoms in total. The zero-order chi connectivity index (χ0) is 28.3. The molecule has 0 bridgehead atoms. The van der Waals surface area contributed by atoms with Crippen LogP contribution in [0.25, 0.3) is 0 Å². The number of rotatable bonds is 13. The van der Waals surface area contributed by atoms with Gasteiger partial charge in [-0.1, -0.05) is 86.6 Å². The summed E-state index contributed by atoms with van der Waals surface area (Å²) in [5, 5.41) is 6.36. The topological polar surface area (TPSA) is 76.7 Å². The van der Waals surface area contributed by atoms with Gasteiger partial charge in [0.05, 0.1) is 6.04 Å². The second-order valence-electron chi connectivity index (χ2n) is 11.3. The Morgan fingerprint density at radius 3 is 1.92 bits per heavy atom. The third-order valence-corrected chi connectivity index (χ3v) is 6.04. The van der Waals surface area contributed by atoms with E-state index in [2.05, 4.69) is 24.5 Å². The molecule has 2 atom stereocenters. The van der Waals surface area contributed by atoms with Crippen LogP contribution < -0.4 is 15.4 Å². The van der Waals surface area contributed by atoms with Gasteiger partial charge in [0.2, 0.25) is 5.91 Å². The third-order valence-electron chi connectivity index (χ3n) is 6.04. The molecule has 1 amide bonds. The van der Waals surface area contributed by atoms with Gasteiger partial charge >= 0.3 is 5.97 Å². The molecule has 39 heavy (non-hydrogen) atoms. The van der Waals surface area contributed by atoms with Gasteiger partial charge in [-0.05, 0) is 61.9 Å². The van der Waals surface area contributed by atoms with Crippen LogP contribution in [0.3, 0.4) is 0 Å². The number of carbonyl (C=O) groups is 2. The lowest BCUT2D eigenvalue weighted by atomic mass is 10.0. The van der Waals surface area contributed by atoms with Crippen LogP contribution in [0.15, 0.2) is 84.9 Å². The maximum Gasteiger partial charge on any atom is 0.329 e. The highest BCUT2D eigenvalue weighted by atomic mass is 16.6. The molecule has 0 heterocycles. The molecule has 0 unspecified atom stereocenters. The molecule has 0 spiro atoms. The van der Waals surface area contributed by atoms with Crippen molar-refractivity contribution >= 4 is 11.9 Å². The average molecular weight is 531 g/mol. The quantitative estimate of drug-likeness (QED) is 0.272. The largest absolute Gasteiger partial charge is 0.489 e. The zero-order valence-electron chi connectivity index (χ0n) is 23.8. The number of esters is 1. The molecule has 0 radical (unpaired) electrons. The van der Waals surface area contributed by atoms with Crippen molar-refractivity contribution in [2.45, 2.75) is 78.3 Å². The Bertz CT molecular complexity index is 1160. The number of nitrogens with one attached hydrogen (secondary N) is 2. The molecule has 0 saturated heterocycles. The summed E-state index contributed by atoms with van der Waals surface area (Å²) < 4.78 is 11.6. The summed E-state index contributed by atoms with van der Waals surface area (Å²) in [5.41, 5.74) is 2.41. The van der Waals surface area contributed by atoms with Crippen molar-refractivity contribution in [3.63, 3.8) is 0 Å². The number of benzene rings is 3. The summed E-state index contributed by atoms with van der Waals surface area (Å²) in [7, 11) is 0. The van der Waals surface area contributed by atoms with E-state index >= 15 is 0 Å². The molecule has 0 aliphatic rings. The highest BCUT2D eigenvalue weighted by Crippen LogP contribution is 2.17. The van der Waals surface area contributed by atoms with Gasteiger partial charge in [-0.15, -0.1) is 0 Å². The predicted octanol–water partition coefficient (Wildman–Crippen LogP) is 5.84. The van der Waals surface area contributed by atoms with E-state index in [1.54, 1.807) is 0 Å². The second-order valence-corrected chi connectivity index (χ2v) is 11.3. The molecular weight excluding hydrogens is 488 g/mol. The van der Waals surface area contributed by atoms with Gasteiger partial charge in [0, 0.05) is 13.0 Å². The molecule has 0 aliphatic heterocycles. The van der Waals surface area contributed by atoms with Crippen molar-refractivity contribution in [2.24, 2.45) is 5.92 Å². The van der Waals surface area contributed by atoms with Gasteiger partial charge in [-0.25, -0.2) is 4.79 Å². The van der Waals surface area contributed by atoms with E-state index in [0.29, 0.717) is 31.9 Å². The van der Waals surface area contributed by atoms with E-state index in [4.69, 9.17) is 9.47 Å². The van der Waals surface area contributed by atoms with Gasteiger partial charge in [0.15, 0.2) is 0 Å². The van der Waals surface area contributed by atoms with Gasteiger partial charge in [-0.3, -0.25) is 4.79 Å². The Labute approximate surface area is 233 Å². The van der Waals surface area contributed by atoms with Crippen LogP contribution in [0, 0.1) is 5.92 Å². The lowest BCUT2D eigenvalue weighted by Crippen LogP contribution is -2.52. The number of amides is 1. The van der Waals surface area contributed by atoms with Crippen LogP contribution in [0.1, 0.15) is 57.7 Å². The molecule has 6 heteroatoms. The van der Waals surface area contributed by atoms with Crippen LogP contribution >= 0.6 is 0 Å². The fraction of sp³-hybridized carbons (Fsp3) is 0.394. The summed E-state index contributed by atoms with van der Waals surface area (Å²) in [4.78, 5) is 26.6. The van der Waals surface area contributed by atoms with E-state index < -0.39 is 23.7 Å². The number of carbonyl (C=O) groups excluding carboxylic acids is 2. The van der Waals surface area contributed by atoms with Crippen LogP contribution in [-0.2, 0) is 33.9 Å². The Kier molecular flexibility index (Phi) is 11.1. The van der Waals surface area contributed by atoms with E-state index in [-0.39, 0.29) is 5.91 Å². The maximum absolute atomic E-state index is 13.4. The minimum Gasteiger partial charge on any atom is -0.489 e. The molecule has 3 aromatic rings. The highest BCUT2D eigenvalue weighted by molar-refractivity contribution is 5.87. The molecule has 208 valence electrons. The van der Waals surface area contributed by atoms with Gasteiger partial charge < -0.3 is 20.1 Å². The summed E-state index contributed by atoms with van der Waals surface area (Å²) in [6.45, 7) is 10.7. The molecule has 0 aliphatic carbocycles. The lowest BCUT2D eigenvalue weighted by Gasteiger charge is -2.27. The van der Waals surface area contributed by atoms with Crippen molar-refractivity contribution in [3.05, 3.63) is 102 Å². The molecule has 3 rings (SSSR count). The Hall–Kier alpha value is -3.64. The van der Waals surface area contributed by atoms with Crippen molar-refractivity contribution < 1.29 is 19.1 Å². The van der Waals surface area contributed by atoms with Crippen LogP contribution in [0.2, 0.25) is 0 Å². The maximum atomic E-state index is 13.4. The summed E-state index contributed by atoms with van der Waals surface area (Å²) in [5.74, 6) is 0.375. The summed E-state index contributed by atoms with van der Waals surface area (Å²) in [6, 6.07) is 26.3. The molecule has 2 N–H and O–H groups in total. The molecule has 0 fully saturated rings. The van der Waals surface area contributed by atoms with Crippen LogP contribution in [0.5, 0.6) is 5.75 Å². The van der Waals surface area contributed by atoms with Gasteiger partial charge in [0.1, 0.15) is 24.0 Å². The van der Waals surface area contributed by atoms with Crippen LogP contribution in [-0.4, -0.2) is 29.6 Å². The first-order chi connectivity index (χ1) is 18.6. The third kappa shape index (κ3) is 10.9. The van der Waals surface area contributed by atoms with E-state index in [0.717, 1.165) is 22.4 Å². The van der Waals surface area contributed by atoms with Gasteiger partial charge in [-0.2, -0.15) is 0 Å². The first kappa shape index (κ1) is 29.9. The van der Waals surface area contributed by atoms with E-state index in [1.807, 2.05) is 106 Å². The fourth-order valence-electron chi connectivity index (χ4n) is 4.13. The molecule has 0 aromatic heterocycles. The van der Waals surface area contributed by atoms with Crippen molar-refractivity contribution in [1.29, 1.82) is 0 Å². The summed E-state index contributed by atoms with van der Waals surface area (Å²) in [6.07, 6.45) is 0.958. The standard InChI is InChI=1S/C33H42N2O4/c1-24(2)20-29(34-22-26-12-8-6-9-13-26)31(36)35-30(32(37)39-33(3,4)5)21-25-16-18-28(19-17-25)38-23-27-14-10-7-11-15-27/h6-19,24,29-30,34H,20-23H2,1-5H3,(H,35,36)/t29-,30-/m0/s1. The Morgan fingerprint density at radius 1 is 0.769 bits per heavy atom. The normalized spacial score (nSPS) is 13.0. The molecular formula is C33H42N2O4. The SMILES string of the molecule is CC(C)C[C@H](NCc1ccccc1)C(=O)N[C@@H](Cc1ccc(OCc2ccccc2)cc1)C(=O)OC(C)(C)C. The predicted molar refractivity (Wildman–Crippen MR) is 155 cm³/mol. The number of hydrogen-bond donors (Lipinski definition) is 2. The first-order valence-corrected chi connectivity index (χ1v) is 13.7. The number of ether oxygens (including phenoxy) is 2. The molecule has 3 aromatic carbocycles. The highest BCUT2D eigenvalue weighted by Gasteiger charge is 2.30. The smallest absolute Gasteiger partial charge is 0.329 e. The van der Waals surface area contributed by atoms with Gasteiger partial charge in [0.25, 0.3) is 0 Å². The minimum atomic E-state index is -0.819. The van der Waals surface area contributed by atoms with Crippen molar-refractivity contribution in [1.82, 2.24) is 10.6 Å². The average Bonchev–Trinajstić information content (AvgIpc) is 2.90. The lowest BCUT2D eigenvalue weighted by molar-refractivity contribution is -0.158. The minimum absolute atomic E-state index is 0.210. The van der Waals surface area contributed by atoms with Crippen molar-refractivity contribution in [3.8, 4) is 5.75 Å². The second kappa shape index (κ2) is 14.5. The summed E-state index contributed by atoms with van der Waals surface area (Å²) >= 11 is 0. The molecule has 0 saturated carbocycles. The zero-order valence-corrected chi connectivity index (χ0v) is 23.8. The Balaban J connectivity index is 1.69.